The van der Waals surface area contributed by atoms with E-state index in [4.69, 9.17) is 0 Å². The average molecular weight is 285 g/mol. The summed E-state index contributed by atoms with van der Waals surface area (Å²) in [6.45, 7) is 8.48. The molecule has 0 fully saturated rings. The molecule has 0 amide bonds. The number of phenols is 2. The minimum absolute atomic E-state index is 0.0319. The SMILES string of the molecule is CC(Nc1ccccc1C(C)(C)C)c1cc(O)ccc1O. The average Bonchev–Trinajstić information content (AvgIpc) is 2.41. The lowest BCUT2D eigenvalue weighted by atomic mass is 9.85. The zero-order valence-corrected chi connectivity index (χ0v) is 13.0. The Balaban J connectivity index is 2.32. The van der Waals surface area contributed by atoms with E-state index < -0.39 is 0 Å². The summed E-state index contributed by atoms with van der Waals surface area (Å²) < 4.78 is 0. The minimum atomic E-state index is -0.111. The Kier molecular flexibility index (Phi) is 4.12. The first-order chi connectivity index (χ1) is 9.79. The van der Waals surface area contributed by atoms with Crippen molar-refractivity contribution >= 4 is 5.69 Å². The van der Waals surface area contributed by atoms with Crippen LogP contribution in [0.5, 0.6) is 11.5 Å². The van der Waals surface area contributed by atoms with Crippen LogP contribution < -0.4 is 5.32 Å². The molecule has 0 aromatic heterocycles. The summed E-state index contributed by atoms with van der Waals surface area (Å²) in [4.78, 5) is 0. The first-order valence-corrected chi connectivity index (χ1v) is 7.17. The largest absolute Gasteiger partial charge is 0.508 e. The summed E-state index contributed by atoms with van der Waals surface area (Å²) in [5.41, 5.74) is 2.97. The van der Waals surface area contributed by atoms with Gasteiger partial charge >= 0.3 is 0 Å². The van der Waals surface area contributed by atoms with Crippen LogP contribution in [0.3, 0.4) is 0 Å². The Bertz CT molecular complexity index is 629. The van der Waals surface area contributed by atoms with E-state index in [1.165, 1.54) is 17.7 Å². The number of nitrogens with one attached hydrogen (secondary N) is 1. The fourth-order valence-corrected chi connectivity index (χ4v) is 2.46. The lowest BCUT2D eigenvalue weighted by molar-refractivity contribution is 0.451. The highest BCUT2D eigenvalue weighted by Gasteiger charge is 2.19. The van der Waals surface area contributed by atoms with Gasteiger partial charge in [0.15, 0.2) is 0 Å². The highest BCUT2D eigenvalue weighted by Crippen LogP contribution is 2.34. The second kappa shape index (κ2) is 5.68. The van der Waals surface area contributed by atoms with Gasteiger partial charge in [-0.3, -0.25) is 0 Å². The molecule has 1 unspecified atom stereocenters. The van der Waals surface area contributed by atoms with E-state index in [2.05, 4.69) is 32.2 Å². The Morgan fingerprint density at radius 3 is 2.33 bits per heavy atom. The Morgan fingerprint density at radius 2 is 1.67 bits per heavy atom. The number of phenolic OH excluding ortho intramolecular Hbond substituents is 2. The fraction of sp³-hybridized carbons (Fsp3) is 0.333. The van der Waals surface area contributed by atoms with Crippen molar-refractivity contribution in [2.75, 3.05) is 5.32 Å². The Labute approximate surface area is 126 Å². The highest BCUT2D eigenvalue weighted by molar-refractivity contribution is 5.56. The molecule has 2 aromatic rings. The summed E-state index contributed by atoms with van der Waals surface area (Å²) in [7, 11) is 0. The molecule has 2 rings (SSSR count). The van der Waals surface area contributed by atoms with Gasteiger partial charge in [-0.1, -0.05) is 39.0 Å². The third-order valence-corrected chi connectivity index (χ3v) is 3.58. The molecule has 0 aliphatic heterocycles. The van der Waals surface area contributed by atoms with Gasteiger partial charge in [0, 0.05) is 11.3 Å². The van der Waals surface area contributed by atoms with E-state index in [9.17, 15) is 10.2 Å². The van der Waals surface area contributed by atoms with Gasteiger partial charge in [0.1, 0.15) is 11.5 Å². The number of aromatic hydroxyl groups is 2. The molecular formula is C18H23NO2. The second-order valence-electron chi connectivity index (χ2n) is 6.40. The molecule has 2 aromatic carbocycles. The van der Waals surface area contributed by atoms with Gasteiger partial charge in [-0.05, 0) is 42.2 Å². The first kappa shape index (κ1) is 15.2. The van der Waals surface area contributed by atoms with E-state index in [-0.39, 0.29) is 23.0 Å². The molecule has 0 spiro atoms. The molecule has 3 nitrogen and oxygen atoms in total. The normalized spacial score (nSPS) is 13.0. The first-order valence-electron chi connectivity index (χ1n) is 7.17. The molecule has 0 radical (unpaired) electrons. The molecule has 112 valence electrons. The summed E-state index contributed by atoms with van der Waals surface area (Å²) in [6, 6.07) is 12.6. The predicted molar refractivity (Wildman–Crippen MR) is 87.0 cm³/mol. The van der Waals surface area contributed by atoms with Gasteiger partial charge in [0.25, 0.3) is 0 Å². The van der Waals surface area contributed by atoms with Crippen molar-refractivity contribution in [2.45, 2.75) is 39.2 Å². The third-order valence-electron chi connectivity index (χ3n) is 3.58. The quantitative estimate of drug-likeness (QED) is 0.724. The molecule has 1 atom stereocenters. The summed E-state index contributed by atoms with van der Waals surface area (Å²) in [6.07, 6.45) is 0. The molecule has 3 N–H and O–H groups in total. The van der Waals surface area contributed by atoms with Crippen molar-refractivity contribution in [3.8, 4) is 11.5 Å². The summed E-state index contributed by atoms with van der Waals surface area (Å²) >= 11 is 0. The van der Waals surface area contributed by atoms with E-state index in [0.29, 0.717) is 5.56 Å². The molecule has 0 bridgehead atoms. The number of anilines is 1. The summed E-state index contributed by atoms with van der Waals surface area (Å²) in [5, 5.41) is 23.0. The molecule has 21 heavy (non-hydrogen) atoms. The van der Waals surface area contributed by atoms with Crippen molar-refractivity contribution < 1.29 is 10.2 Å². The zero-order chi connectivity index (χ0) is 15.6. The third kappa shape index (κ3) is 3.48. The van der Waals surface area contributed by atoms with Crippen LogP contribution in [-0.4, -0.2) is 10.2 Å². The molecule has 0 saturated carbocycles. The second-order valence-corrected chi connectivity index (χ2v) is 6.40. The maximum absolute atomic E-state index is 9.96. The zero-order valence-electron chi connectivity index (χ0n) is 13.0. The topological polar surface area (TPSA) is 52.5 Å². The van der Waals surface area contributed by atoms with Crippen molar-refractivity contribution in [2.24, 2.45) is 0 Å². The van der Waals surface area contributed by atoms with Crippen LogP contribution in [0.2, 0.25) is 0 Å². The van der Waals surface area contributed by atoms with E-state index >= 15 is 0 Å². The number of hydrogen-bond donors (Lipinski definition) is 3. The van der Waals surface area contributed by atoms with Gasteiger partial charge in [-0.25, -0.2) is 0 Å². The van der Waals surface area contributed by atoms with Gasteiger partial charge < -0.3 is 15.5 Å². The van der Waals surface area contributed by atoms with E-state index in [0.717, 1.165) is 5.69 Å². The van der Waals surface area contributed by atoms with Gasteiger partial charge in [-0.15, -0.1) is 0 Å². The van der Waals surface area contributed by atoms with Crippen molar-refractivity contribution in [1.82, 2.24) is 0 Å². The van der Waals surface area contributed by atoms with Crippen LogP contribution >= 0.6 is 0 Å². The van der Waals surface area contributed by atoms with Crippen LogP contribution in [0, 0.1) is 0 Å². The predicted octanol–water partition coefficient (Wildman–Crippen LogP) is 4.57. The van der Waals surface area contributed by atoms with Crippen molar-refractivity contribution in [1.29, 1.82) is 0 Å². The lowest BCUT2D eigenvalue weighted by Crippen LogP contribution is -2.16. The van der Waals surface area contributed by atoms with Crippen molar-refractivity contribution in [3.05, 3.63) is 53.6 Å². The minimum Gasteiger partial charge on any atom is -0.508 e. The Hall–Kier alpha value is -2.16. The number of rotatable bonds is 3. The van der Waals surface area contributed by atoms with Crippen molar-refractivity contribution in [3.63, 3.8) is 0 Å². The van der Waals surface area contributed by atoms with Crippen LogP contribution in [0.25, 0.3) is 0 Å². The van der Waals surface area contributed by atoms with Gasteiger partial charge in [0.05, 0.1) is 6.04 Å². The molecule has 0 aliphatic carbocycles. The standard InChI is InChI=1S/C18H23NO2/c1-12(14-11-13(20)9-10-17(14)21)19-16-8-6-5-7-15(16)18(2,3)4/h5-12,19-21H,1-4H3. The molecular weight excluding hydrogens is 262 g/mol. The molecule has 3 heteroatoms. The van der Waals surface area contributed by atoms with E-state index in [1.807, 2.05) is 25.1 Å². The highest BCUT2D eigenvalue weighted by atomic mass is 16.3. The fourth-order valence-electron chi connectivity index (χ4n) is 2.46. The Morgan fingerprint density at radius 1 is 1.00 bits per heavy atom. The maximum Gasteiger partial charge on any atom is 0.121 e. The summed E-state index contributed by atoms with van der Waals surface area (Å²) in [5.74, 6) is 0.335. The molecule has 0 saturated heterocycles. The van der Waals surface area contributed by atoms with Crippen LogP contribution in [0.4, 0.5) is 5.69 Å². The smallest absolute Gasteiger partial charge is 0.121 e. The van der Waals surface area contributed by atoms with E-state index in [1.54, 1.807) is 6.07 Å². The number of hydrogen-bond acceptors (Lipinski definition) is 3. The van der Waals surface area contributed by atoms with Crippen LogP contribution in [0.15, 0.2) is 42.5 Å². The molecule has 0 aliphatic rings. The maximum atomic E-state index is 9.96. The van der Waals surface area contributed by atoms with Crippen LogP contribution in [-0.2, 0) is 5.41 Å². The van der Waals surface area contributed by atoms with Crippen LogP contribution in [0.1, 0.15) is 44.9 Å². The number of para-hydroxylation sites is 1. The van der Waals surface area contributed by atoms with Gasteiger partial charge in [-0.2, -0.15) is 0 Å². The monoisotopic (exact) mass is 285 g/mol. The molecule has 0 heterocycles. The lowest BCUT2D eigenvalue weighted by Gasteiger charge is -2.26. The number of benzene rings is 2. The van der Waals surface area contributed by atoms with Gasteiger partial charge in [0.2, 0.25) is 0 Å².